The molecule has 188 valence electrons. The van der Waals surface area contributed by atoms with E-state index in [1.807, 2.05) is 85.8 Å². The Morgan fingerprint density at radius 3 is 2.16 bits per heavy atom. The summed E-state index contributed by atoms with van der Waals surface area (Å²) < 4.78 is 5.55. The molecule has 6 heteroatoms. The molecule has 3 aromatic carbocycles. The maximum atomic E-state index is 11.6. The maximum absolute atomic E-state index is 11.6. The van der Waals surface area contributed by atoms with Gasteiger partial charge in [0.25, 0.3) is 0 Å². The number of benzene rings is 3. The molecule has 1 aliphatic rings. The second-order valence-electron chi connectivity index (χ2n) is 9.85. The van der Waals surface area contributed by atoms with Crippen LogP contribution in [0.1, 0.15) is 29.7 Å². The summed E-state index contributed by atoms with van der Waals surface area (Å²) in [6, 6.07) is 30.1. The zero-order chi connectivity index (χ0) is 26.3. The predicted octanol–water partition coefficient (Wildman–Crippen LogP) is 7.55. The van der Waals surface area contributed by atoms with Gasteiger partial charge in [-0.3, -0.25) is 4.79 Å². The molecule has 0 bridgehead atoms. The number of carbonyl (C=O) groups is 1. The highest BCUT2D eigenvalue weighted by atomic mass is 16.5. The first-order valence-electron chi connectivity index (χ1n) is 12.7. The molecule has 1 fully saturated rings. The molecule has 6 rings (SSSR count). The van der Waals surface area contributed by atoms with Gasteiger partial charge in [-0.25, -0.2) is 4.98 Å². The van der Waals surface area contributed by atoms with Crippen LogP contribution in [-0.4, -0.2) is 21.2 Å². The summed E-state index contributed by atoms with van der Waals surface area (Å²) in [5.74, 6) is 0.652. The average Bonchev–Trinajstić information content (AvgIpc) is 3.69. The fourth-order valence-electron chi connectivity index (χ4n) is 4.91. The van der Waals surface area contributed by atoms with E-state index in [-0.39, 0.29) is 0 Å². The molecule has 38 heavy (non-hydrogen) atoms. The number of nitrogens with one attached hydrogen (secondary N) is 1. The number of carboxylic acid groups (broad SMARTS) is 1. The summed E-state index contributed by atoms with van der Waals surface area (Å²) in [5, 5.41) is 17.3. The van der Waals surface area contributed by atoms with Gasteiger partial charge in [0.05, 0.1) is 11.1 Å². The Labute approximate surface area is 221 Å². The summed E-state index contributed by atoms with van der Waals surface area (Å²) in [5.41, 5.74) is 7.84. The van der Waals surface area contributed by atoms with E-state index in [2.05, 4.69) is 29.5 Å². The van der Waals surface area contributed by atoms with Gasteiger partial charge in [-0.2, -0.15) is 0 Å². The number of carboxylic acids is 1. The van der Waals surface area contributed by atoms with Crippen molar-refractivity contribution in [2.24, 2.45) is 0 Å². The third-order valence-corrected chi connectivity index (χ3v) is 7.37. The number of pyridine rings is 1. The summed E-state index contributed by atoms with van der Waals surface area (Å²) in [4.78, 5) is 16.5. The minimum atomic E-state index is -0.737. The molecule has 2 N–H and O–H groups in total. The molecule has 1 saturated carbocycles. The smallest absolute Gasteiger partial charge is 0.314 e. The van der Waals surface area contributed by atoms with Gasteiger partial charge in [-0.05, 0) is 61.1 Å². The summed E-state index contributed by atoms with van der Waals surface area (Å²) in [6.45, 7) is 3.96. The Morgan fingerprint density at radius 1 is 0.842 bits per heavy atom. The monoisotopic (exact) mass is 501 g/mol. The van der Waals surface area contributed by atoms with Crippen LogP contribution in [0.5, 0.6) is 0 Å². The molecule has 0 spiro atoms. The molecule has 0 amide bonds. The van der Waals surface area contributed by atoms with E-state index in [0.29, 0.717) is 30.1 Å². The van der Waals surface area contributed by atoms with Crippen molar-refractivity contribution in [3.63, 3.8) is 0 Å². The van der Waals surface area contributed by atoms with Crippen molar-refractivity contribution in [3.05, 3.63) is 108 Å². The van der Waals surface area contributed by atoms with Gasteiger partial charge in [-0.15, -0.1) is 0 Å². The fraction of sp³-hybridized carbons (Fsp3) is 0.156. The van der Waals surface area contributed by atoms with Crippen molar-refractivity contribution in [2.45, 2.75) is 32.1 Å². The van der Waals surface area contributed by atoms with E-state index in [0.717, 1.165) is 39.2 Å². The highest BCUT2D eigenvalue weighted by Crippen LogP contribution is 2.48. The number of aryl methyl sites for hydroxylation is 2. The first-order chi connectivity index (χ1) is 18.4. The van der Waals surface area contributed by atoms with Crippen LogP contribution in [0.4, 0.5) is 11.5 Å². The highest BCUT2D eigenvalue weighted by molar-refractivity contribution is 5.85. The normalized spacial score (nSPS) is 13.7. The minimum absolute atomic E-state index is 0.676. The third-order valence-electron chi connectivity index (χ3n) is 7.37. The number of hydrogen-bond acceptors (Lipinski definition) is 5. The van der Waals surface area contributed by atoms with Gasteiger partial charge in [0, 0.05) is 11.1 Å². The van der Waals surface area contributed by atoms with E-state index in [1.165, 1.54) is 5.56 Å². The lowest BCUT2D eigenvalue weighted by Crippen LogP contribution is -2.19. The van der Waals surface area contributed by atoms with Crippen molar-refractivity contribution < 1.29 is 14.4 Å². The molecule has 2 aromatic heterocycles. The van der Waals surface area contributed by atoms with Crippen molar-refractivity contribution in [1.29, 1.82) is 0 Å². The molecular weight excluding hydrogens is 474 g/mol. The third kappa shape index (κ3) is 4.24. The van der Waals surface area contributed by atoms with Crippen molar-refractivity contribution in [1.82, 2.24) is 10.1 Å². The zero-order valence-electron chi connectivity index (χ0n) is 21.2. The Kier molecular flexibility index (Phi) is 5.80. The Hall–Kier alpha value is -4.71. The maximum Gasteiger partial charge on any atom is 0.314 e. The van der Waals surface area contributed by atoms with Gasteiger partial charge in [0.1, 0.15) is 17.2 Å². The molecular formula is C32H27N3O3. The van der Waals surface area contributed by atoms with Crippen LogP contribution in [-0.2, 0) is 10.2 Å². The van der Waals surface area contributed by atoms with Gasteiger partial charge in [0.2, 0.25) is 0 Å². The largest absolute Gasteiger partial charge is 0.481 e. The molecule has 1 aliphatic carbocycles. The number of aliphatic carboxylic acids is 1. The molecule has 2 heterocycles. The van der Waals surface area contributed by atoms with Gasteiger partial charge in [0.15, 0.2) is 5.76 Å². The summed E-state index contributed by atoms with van der Waals surface area (Å²) in [6.07, 6.45) is 1.41. The second-order valence-corrected chi connectivity index (χ2v) is 9.85. The van der Waals surface area contributed by atoms with E-state index < -0.39 is 11.4 Å². The zero-order valence-corrected chi connectivity index (χ0v) is 21.2. The fourth-order valence-corrected chi connectivity index (χ4v) is 4.91. The van der Waals surface area contributed by atoms with Crippen molar-refractivity contribution in [2.75, 3.05) is 5.32 Å². The molecule has 6 nitrogen and oxygen atoms in total. The van der Waals surface area contributed by atoms with Crippen LogP contribution in [0.2, 0.25) is 0 Å². The molecule has 0 unspecified atom stereocenters. The first-order valence-corrected chi connectivity index (χ1v) is 12.7. The minimum Gasteiger partial charge on any atom is -0.481 e. The van der Waals surface area contributed by atoms with E-state index in [4.69, 9.17) is 9.51 Å². The molecule has 0 aliphatic heterocycles. The van der Waals surface area contributed by atoms with E-state index >= 15 is 0 Å². The van der Waals surface area contributed by atoms with E-state index in [1.54, 1.807) is 0 Å². The van der Waals surface area contributed by atoms with Gasteiger partial charge >= 0.3 is 5.97 Å². The average molecular weight is 502 g/mol. The number of hydrogen-bond donors (Lipinski definition) is 2. The van der Waals surface area contributed by atoms with Gasteiger partial charge < -0.3 is 14.9 Å². The van der Waals surface area contributed by atoms with E-state index in [9.17, 15) is 9.90 Å². The van der Waals surface area contributed by atoms with Crippen LogP contribution in [0, 0.1) is 13.8 Å². The lowest BCUT2D eigenvalue weighted by Gasteiger charge is -2.11. The van der Waals surface area contributed by atoms with Crippen molar-refractivity contribution in [3.8, 4) is 33.6 Å². The Morgan fingerprint density at radius 2 is 1.50 bits per heavy atom. The lowest BCUT2D eigenvalue weighted by molar-refractivity contribution is -0.140. The molecule has 5 aromatic rings. The number of anilines is 2. The SMILES string of the molecule is Cc1ccccc1-c1cccc(Nc2c(-c3ccc(-c4ccc(C5(C(=O)O)CC5)cc4)cc3)noc2C)n1. The first kappa shape index (κ1) is 23.7. The van der Waals surface area contributed by atoms with Gasteiger partial charge in [-0.1, -0.05) is 84.0 Å². The van der Waals surface area contributed by atoms with Crippen molar-refractivity contribution >= 4 is 17.5 Å². The molecule has 0 atom stereocenters. The predicted molar refractivity (Wildman–Crippen MR) is 148 cm³/mol. The summed E-state index contributed by atoms with van der Waals surface area (Å²) in [7, 11) is 0. The summed E-state index contributed by atoms with van der Waals surface area (Å²) >= 11 is 0. The Bertz CT molecular complexity index is 1630. The van der Waals surface area contributed by atoms with Crippen LogP contribution in [0.25, 0.3) is 33.6 Å². The topological polar surface area (TPSA) is 88.2 Å². The lowest BCUT2D eigenvalue weighted by atomic mass is 9.93. The number of nitrogens with zero attached hydrogens (tertiary/aromatic N) is 2. The number of rotatable bonds is 7. The van der Waals surface area contributed by atoms with Crippen LogP contribution >= 0.6 is 0 Å². The molecule has 0 saturated heterocycles. The molecule has 0 radical (unpaired) electrons. The standard InChI is InChI=1S/C32H27N3O3/c1-20-6-3-4-7-26(20)27-8-5-9-28(33-27)34-29-21(2)38-35-30(29)24-12-10-22(11-13-24)23-14-16-25(17-15-23)32(18-19-32)31(36)37/h3-17H,18-19H2,1-2H3,(H,33,34)(H,36,37). The van der Waals surface area contributed by atoms with Crippen LogP contribution < -0.4 is 5.32 Å². The van der Waals surface area contributed by atoms with Crippen LogP contribution in [0.3, 0.4) is 0 Å². The highest BCUT2D eigenvalue weighted by Gasteiger charge is 2.51. The number of aromatic nitrogens is 2. The Balaban J connectivity index is 1.25. The second kappa shape index (κ2) is 9.30. The van der Waals surface area contributed by atoms with Crippen LogP contribution in [0.15, 0.2) is 95.5 Å². The quantitative estimate of drug-likeness (QED) is 0.239.